The zero-order chi connectivity index (χ0) is 12.1. The summed E-state index contributed by atoms with van der Waals surface area (Å²) >= 11 is 5.84. The third kappa shape index (κ3) is 2.73. The molecule has 1 aromatic heterocycles. The summed E-state index contributed by atoms with van der Waals surface area (Å²) in [5, 5.41) is 9.11. The smallest absolute Gasteiger partial charge is 0.287 e. The lowest BCUT2D eigenvalue weighted by Gasteiger charge is -2.08. The Morgan fingerprint density at radius 3 is 2.88 bits per heavy atom. The Balaban J connectivity index is 2.87. The summed E-state index contributed by atoms with van der Waals surface area (Å²) < 4.78 is 1.24. The van der Waals surface area contributed by atoms with E-state index >= 15 is 0 Å². The number of aromatic nitrogens is 2. The average Bonchev–Trinajstić information content (AvgIpc) is 2.30. The predicted molar refractivity (Wildman–Crippen MR) is 61.7 cm³/mol. The first-order chi connectivity index (χ1) is 7.60. The lowest BCUT2D eigenvalue weighted by molar-refractivity contribution is -0.118. The molecular weight excluding hydrogens is 232 g/mol. The molecule has 0 saturated carbocycles. The minimum absolute atomic E-state index is 0.0424. The second kappa shape index (κ2) is 5.50. The molecule has 6 nitrogen and oxygen atoms in total. The van der Waals surface area contributed by atoms with Gasteiger partial charge in [0.2, 0.25) is 5.91 Å². The maximum absolute atomic E-state index is 11.6. The topological polar surface area (TPSA) is 76.0 Å². The monoisotopic (exact) mass is 244 g/mol. The zero-order valence-corrected chi connectivity index (χ0v) is 9.84. The Kier molecular flexibility index (Phi) is 4.30. The van der Waals surface area contributed by atoms with Gasteiger partial charge in [-0.05, 0) is 6.92 Å². The van der Waals surface area contributed by atoms with Crippen LogP contribution in [0.15, 0.2) is 11.0 Å². The number of amides is 1. The van der Waals surface area contributed by atoms with Crippen molar-refractivity contribution in [1.82, 2.24) is 15.1 Å². The Hall–Kier alpha value is -1.56. The van der Waals surface area contributed by atoms with Gasteiger partial charge in [0.25, 0.3) is 5.56 Å². The maximum Gasteiger partial charge on any atom is 0.287 e. The van der Waals surface area contributed by atoms with Crippen molar-refractivity contribution in [2.45, 2.75) is 13.5 Å². The Bertz CT molecular complexity index is 444. The molecule has 88 valence electrons. The van der Waals surface area contributed by atoms with Gasteiger partial charge in [-0.2, -0.15) is 5.10 Å². The minimum Gasteiger partial charge on any atom is -0.373 e. The van der Waals surface area contributed by atoms with Gasteiger partial charge in [0.1, 0.15) is 5.02 Å². The van der Waals surface area contributed by atoms with Crippen LogP contribution in [0.25, 0.3) is 0 Å². The SMILES string of the molecule is CCn1ncc(NCC(=O)NC)c(Cl)c1=O. The number of hydrogen-bond donors (Lipinski definition) is 2. The number of anilines is 1. The Morgan fingerprint density at radius 1 is 1.62 bits per heavy atom. The van der Waals surface area contributed by atoms with E-state index in [1.165, 1.54) is 17.9 Å². The van der Waals surface area contributed by atoms with E-state index in [0.717, 1.165) is 0 Å². The molecule has 16 heavy (non-hydrogen) atoms. The van der Waals surface area contributed by atoms with Crippen LogP contribution in [0.2, 0.25) is 5.02 Å². The third-order valence-corrected chi connectivity index (χ3v) is 2.37. The van der Waals surface area contributed by atoms with Crippen molar-refractivity contribution in [3.05, 3.63) is 21.6 Å². The number of nitrogens with zero attached hydrogens (tertiary/aromatic N) is 2. The maximum atomic E-state index is 11.6. The van der Waals surface area contributed by atoms with E-state index in [4.69, 9.17) is 11.6 Å². The second-order valence-corrected chi connectivity index (χ2v) is 3.40. The summed E-state index contributed by atoms with van der Waals surface area (Å²) in [5.74, 6) is -0.198. The number of aryl methyl sites for hydroxylation is 1. The number of carbonyl (C=O) groups is 1. The van der Waals surface area contributed by atoms with Crippen molar-refractivity contribution in [3.8, 4) is 0 Å². The summed E-state index contributed by atoms with van der Waals surface area (Å²) in [6.45, 7) is 2.30. The van der Waals surface area contributed by atoms with Crippen molar-refractivity contribution in [3.63, 3.8) is 0 Å². The number of likely N-dealkylation sites (N-methyl/N-ethyl adjacent to an activating group) is 1. The van der Waals surface area contributed by atoms with Crippen LogP contribution in [0.4, 0.5) is 5.69 Å². The van der Waals surface area contributed by atoms with E-state index in [9.17, 15) is 9.59 Å². The summed E-state index contributed by atoms with van der Waals surface area (Å²) in [4.78, 5) is 22.5. The molecular formula is C9H13ClN4O2. The van der Waals surface area contributed by atoms with Crippen LogP contribution in [-0.4, -0.2) is 29.3 Å². The summed E-state index contributed by atoms with van der Waals surface area (Å²) in [6, 6.07) is 0. The first-order valence-electron chi connectivity index (χ1n) is 4.80. The molecule has 1 amide bonds. The number of nitrogens with one attached hydrogen (secondary N) is 2. The van der Waals surface area contributed by atoms with Crippen molar-refractivity contribution < 1.29 is 4.79 Å². The molecule has 0 aliphatic carbocycles. The van der Waals surface area contributed by atoms with Gasteiger partial charge < -0.3 is 10.6 Å². The van der Waals surface area contributed by atoms with Gasteiger partial charge in [0.15, 0.2) is 0 Å². The standard InChI is InChI=1S/C9H13ClN4O2/c1-3-14-9(16)8(10)6(4-13-14)12-5-7(15)11-2/h4,12H,3,5H2,1-2H3,(H,11,15). The highest BCUT2D eigenvalue weighted by Crippen LogP contribution is 2.14. The minimum atomic E-state index is -0.369. The number of rotatable bonds is 4. The second-order valence-electron chi connectivity index (χ2n) is 3.02. The molecule has 1 heterocycles. The molecule has 1 rings (SSSR count). The van der Waals surface area contributed by atoms with E-state index in [1.807, 2.05) is 0 Å². The van der Waals surface area contributed by atoms with Gasteiger partial charge in [-0.15, -0.1) is 0 Å². The molecule has 0 aliphatic rings. The Labute approximate surface area is 97.6 Å². The molecule has 7 heteroatoms. The van der Waals surface area contributed by atoms with Gasteiger partial charge in [-0.25, -0.2) is 4.68 Å². The molecule has 0 aromatic carbocycles. The van der Waals surface area contributed by atoms with Crippen molar-refractivity contribution >= 4 is 23.2 Å². The van der Waals surface area contributed by atoms with Crippen molar-refractivity contribution in [2.24, 2.45) is 0 Å². The third-order valence-electron chi connectivity index (χ3n) is 2.00. The van der Waals surface area contributed by atoms with Crippen LogP contribution in [0, 0.1) is 0 Å². The van der Waals surface area contributed by atoms with E-state index in [-0.39, 0.29) is 23.0 Å². The van der Waals surface area contributed by atoms with E-state index in [0.29, 0.717) is 12.2 Å². The van der Waals surface area contributed by atoms with Crippen LogP contribution in [0.3, 0.4) is 0 Å². The number of halogens is 1. The van der Waals surface area contributed by atoms with Gasteiger partial charge >= 0.3 is 0 Å². The molecule has 0 spiro atoms. The fourth-order valence-corrected chi connectivity index (χ4v) is 1.29. The molecule has 0 unspecified atom stereocenters. The van der Waals surface area contributed by atoms with Gasteiger partial charge in [-0.3, -0.25) is 9.59 Å². The Morgan fingerprint density at radius 2 is 2.31 bits per heavy atom. The molecule has 0 aliphatic heterocycles. The largest absolute Gasteiger partial charge is 0.373 e. The van der Waals surface area contributed by atoms with E-state index < -0.39 is 0 Å². The molecule has 0 atom stereocenters. The molecule has 1 aromatic rings. The fraction of sp³-hybridized carbons (Fsp3) is 0.444. The van der Waals surface area contributed by atoms with Crippen LogP contribution in [-0.2, 0) is 11.3 Å². The normalized spacial score (nSPS) is 9.94. The van der Waals surface area contributed by atoms with Crippen LogP contribution >= 0.6 is 11.6 Å². The summed E-state index contributed by atoms with van der Waals surface area (Å²) in [7, 11) is 1.53. The molecule has 2 N–H and O–H groups in total. The number of carbonyl (C=O) groups excluding carboxylic acids is 1. The molecule has 0 radical (unpaired) electrons. The predicted octanol–water partition coefficient (Wildman–Crippen LogP) is 0.0745. The summed E-state index contributed by atoms with van der Waals surface area (Å²) in [5.41, 5.74) is -0.00830. The van der Waals surface area contributed by atoms with Crippen LogP contribution in [0.5, 0.6) is 0 Å². The molecule has 0 bridgehead atoms. The first-order valence-corrected chi connectivity index (χ1v) is 5.18. The first kappa shape index (κ1) is 12.5. The van der Waals surface area contributed by atoms with Crippen LogP contribution < -0.4 is 16.2 Å². The van der Waals surface area contributed by atoms with Crippen molar-refractivity contribution in [2.75, 3.05) is 18.9 Å². The van der Waals surface area contributed by atoms with Crippen LogP contribution in [0.1, 0.15) is 6.92 Å². The van der Waals surface area contributed by atoms with E-state index in [2.05, 4.69) is 15.7 Å². The fourth-order valence-electron chi connectivity index (χ4n) is 1.08. The highest BCUT2D eigenvalue weighted by Gasteiger charge is 2.08. The lowest BCUT2D eigenvalue weighted by atomic mass is 10.4. The van der Waals surface area contributed by atoms with E-state index in [1.54, 1.807) is 6.92 Å². The average molecular weight is 245 g/mol. The van der Waals surface area contributed by atoms with Gasteiger partial charge in [0.05, 0.1) is 18.4 Å². The summed E-state index contributed by atoms with van der Waals surface area (Å²) in [6.07, 6.45) is 1.43. The highest BCUT2D eigenvalue weighted by atomic mass is 35.5. The molecule has 0 fully saturated rings. The quantitative estimate of drug-likeness (QED) is 0.786. The van der Waals surface area contributed by atoms with Gasteiger partial charge in [-0.1, -0.05) is 11.6 Å². The highest BCUT2D eigenvalue weighted by molar-refractivity contribution is 6.33. The van der Waals surface area contributed by atoms with Crippen molar-refractivity contribution in [1.29, 1.82) is 0 Å². The number of hydrogen-bond acceptors (Lipinski definition) is 4. The van der Waals surface area contributed by atoms with Gasteiger partial charge in [0, 0.05) is 13.6 Å². The lowest BCUT2D eigenvalue weighted by Crippen LogP contribution is -2.28. The zero-order valence-electron chi connectivity index (χ0n) is 9.08. The molecule has 0 saturated heterocycles.